The van der Waals surface area contributed by atoms with Crippen LogP contribution in [0, 0.1) is 5.92 Å². The molecule has 0 spiro atoms. The summed E-state index contributed by atoms with van der Waals surface area (Å²) in [6, 6.07) is 1.87. The van der Waals surface area contributed by atoms with Gasteiger partial charge < -0.3 is 14.8 Å². The molecule has 0 bridgehead atoms. The van der Waals surface area contributed by atoms with Crippen molar-refractivity contribution >= 4 is 5.91 Å². The van der Waals surface area contributed by atoms with Gasteiger partial charge in [0, 0.05) is 12.1 Å². The molecule has 0 aliphatic heterocycles. The maximum Gasteiger partial charge on any atom is 0.320 e. The van der Waals surface area contributed by atoms with E-state index in [0.29, 0.717) is 11.8 Å². The summed E-state index contributed by atoms with van der Waals surface area (Å²) in [5, 5.41) is 3.03. The van der Waals surface area contributed by atoms with Gasteiger partial charge in [0.25, 0.3) is 5.91 Å². The summed E-state index contributed by atoms with van der Waals surface area (Å²) in [7, 11) is 2.95. The molecule has 2 unspecified atom stereocenters. The van der Waals surface area contributed by atoms with Gasteiger partial charge in [-0.15, -0.1) is 0 Å². The molecule has 6 heteroatoms. The number of hydrogen-bond donors (Lipinski definition) is 1. The molecule has 1 saturated carbocycles. The molecule has 1 heterocycles. The molecule has 0 radical (unpaired) electrons. The number of rotatable bonds is 4. The Morgan fingerprint density at radius 3 is 2.75 bits per heavy atom. The monoisotopic (exact) mass is 279 g/mol. The van der Waals surface area contributed by atoms with Crippen LogP contribution in [0.3, 0.4) is 0 Å². The Hall–Kier alpha value is -1.85. The molecule has 0 saturated heterocycles. The van der Waals surface area contributed by atoms with Crippen molar-refractivity contribution in [3.63, 3.8) is 0 Å². The number of nitrogens with one attached hydrogen (secondary N) is 1. The zero-order valence-corrected chi connectivity index (χ0v) is 12.2. The van der Waals surface area contributed by atoms with E-state index in [1.807, 2.05) is 0 Å². The number of aromatic nitrogens is 2. The van der Waals surface area contributed by atoms with Crippen molar-refractivity contribution in [3.05, 3.63) is 11.8 Å². The third-order valence-electron chi connectivity index (χ3n) is 3.58. The van der Waals surface area contributed by atoms with Gasteiger partial charge in [-0.3, -0.25) is 4.79 Å². The molecular formula is C14H21N3O3. The summed E-state index contributed by atoms with van der Waals surface area (Å²) >= 11 is 0. The van der Waals surface area contributed by atoms with Crippen molar-refractivity contribution < 1.29 is 14.3 Å². The molecule has 2 atom stereocenters. The average molecular weight is 279 g/mol. The first-order chi connectivity index (χ1) is 9.62. The van der Waals surface area contributed by atoms with Crippen molar-refractivity contribution in [1.82, 2.24) is 15.3 Å². The summed E-state index contributed by atoms with van der Waals surface area (Å²) in [6.07, 6.45) is 4.44. The smallest absolute Gasteiger partial charge is 0.320 e. The van der Waals surface area contributed by atoms with Crippen LogP contribution in [0.1, 0.15) is 43.1 Å². The van der Waals surface area contributed by atoms with Crippen molar-refractivity contribution in [2.24, 2.45) is 5.92 Å². The van der Waals surface area contributed by atoms with E-state index in [1.54, 1.807) is 0 Å². The van der Waals surface area contributed by atoms with Gasteiger partial charge in [-0.2, -0.15) is 9.97 Å². The van der Waals surface area contributed by atoms with E-state index in [2.05, 4.69) is 22.2 Å². The van der Waals surface area contributed by atoms with Crippen molar-refractivity contribution in [3.8, 4) is 11.9 Å². The number of carbonyl (C=O) groups is 1. The van der Waals surface area contributed by atoms with Gasteiger partial charge in [0.05, 0.1) is 14.2 Å². The number of nitrogens with zero attached hydrogens (tertiary/aromatic N) is 2. The Balaban J connectivity index is 2.08. The molecule has 6 nitrogen and oxygen atoms in total. The first-order valence-corrected chi connectivity index (χ1v) is 6.90. The Morgan fingerprint density at radius 1 is 1.30 bits per heavy atom. The summed E-state index contributed by atoms with van der Waals surface area (Å²) in [5.74, 6) is 0.769. The molecular weight excluding hydrogens is 258 g/mol. The lowest BCUT2D eigenvalue weighted by Crippen LogP contribution is -2.38. The fourth-order valence-corrected chi connectivity index (χ4v) is 2.54. The minimum Gasteiger partial charge on any atom is -0.481 e. The topological polar surface area (TPSA) is 73.3 Å². The summed E-state index contributed by atoms with van der Waals surface area (Å²) in [6.45, 7) is 2.22. The van der Waals surface area contributed by atoms with Gasteiger partial charge >= 0.3 is 6.01 Å². The fraction of sp³-hybridized carbons (Fsp3) is 0.643. The van der Waals surface area contributed by atoms with Gasteiger partial charge in [-0.05, 0) is 18.8 Å². The Kier molecular flexibility index (Phi) is 4.76. The molecule has 2 rings (SSSR count). The number of hydrogen-bond acceptors (Lipinski definition) is 5. The lowest BCUT2D eigenvalue weighted by atomic mass is 9.87. The van der Waals surface area contributed by atoms with Crippen LogP contribution in [0.15, 0.2) is 6.07 Å². The number of carbonyl (C=O) groups excluding carboxylic acids is 1. The van der Waals surface area contributed by atoms with E-state index in [9.17, 15) is 4.79 Å². The van der Waals surface area contributed by atoms with Crippen LogP contribution in [-0.4, -0.2) is 36.1 Å². The van der Waals surface area contributed by atoms with Crippen LogP contribution in [-0.2, 0) is 0 Å². The van der Waals surface area contributed by atoms with Crippen LogP contribution < -0.4 is 14.8 Å². The minimum absolute atomic E-state index is 0.131. The Bertz CT molecular complexity index is 456. The van der Waals surface area contributed by atoms with Gasteiger partial charge in [-0.1, -0.05) is 19.8 Å². The van der Waals surface area contributed by atoms with Crippen LogP contribution in [0.5, 0.6) is 11.9 Å². The van der Waals surface area contributed by atoms with Gasteiger partial charge in [0.1, 0.15) is 5.69 Å². The van der Waals surface area contributed by atoms with Crippen molar-refractivity contribution in [2.75, 3.05) is 14.2 Å². The highest BCUT2D eigenvalue weighted by atomic mass is 16.5. The van der Waals surface area contributed by atoms with E-state index in [4.69, 9.17) is 9.47 Å². The van der Waals surface area contributed by atoms with E-state index in [-0.39, 0.29) is 23.7 Å². The standard InChI is InChI=1S/C14H21N3O3/c1-9-5-4-6-10(7-9)15-13(18)11-8-12(19-2)17-14(16-11)20-3/h8-10H,4-7H2,1-3H3,(H,15,18). The highest BCUT2D eigenvalue weighted by Crippen LogP contribution is 2.24. The third kappa shape index (κ3) is 3.59. The lowest BCUT2D eigenvalue weighted by Gasteiger charge is -2.27. The SMILES string of the molecule is COc1cc(C(=O)NC2CCCC(C)C2)nc(OC)n1. The number of amides is 1. The second-order valence-electron chi connectivity index (χ2n) is 5.22. The zero-order valence-electron chi connectivity index (χ0n) is 12.2. The van der Waals surface area contributed by atoms with E-state index < -0.39 is 0 Å². The molecule has 20 heavy (non-hydrogen) atoms. The Morgan fingerprint density at radius 2 is 2.10 bits per heavy atom. The second kappa shape index (κ2) is 6.54. The molecule has 1 aliphatic rings. The molecule has 1 amide bonds. The van der Waals surface area contributed by atoms with Crippen LogP contribution in [0.2, 0.25) is 0 Å². The molecule has 1 fully saturated rings. The fourth-order valence-electron chi connectivity index (χ4n) is 2.54. The molecule has 0 aromatic carbocycles. The molecule has 1 aliphatic carbocycles. The van der Waals surface area contributed by atoms with Gasteiger partial charge in [0.15, 0.2) is 0 Å². The normalized spacial score (nSPS) is 22.1. The highest BCUT2D eigenvalue weighted by Gasteiger charge is 2.22. The van der Waals surface area contributed by atoms with Crippen LogP contribution in [0.25, 0.3) is 0 Å². The number of ether oxygens (including phenoxy) is 2. The minimum atomic E-state index is -0.205. The summed E-state index contributed by atoms with van der Waals surface area (Å²) < 4.78 is 10.0. The second-order valence-corrected chi connectivity index (χ2v) is 5.22. The maximum atomic E-state index is 12.2. The van der Waals surface area contributed by atoms with Gasteiger partial charge in [-0.25, -0.2) is 0 Å². The predicted molar refractivity (Wildman–Crippen MR) is 74.0 cm³/mol. The predicted octanol–water partition coefficient (Wildman–Crippen LogP) is 1.80. The zero-order chi connectivity index (χ0) is 14.5. The molecule has 1 aromatic rings. The van der Waals surface area contributed by atoms with Crippen LogP contribution >= 0.6 is 0 Å². The average Bonchev–Trinajstić information content (AvgIpc) is 2.46. The molecule has 110 valence electrons. The van der Waals surface area contributed by atoms with E-state index >= 15 is 0 Å². The third-order valence-corrected chi connectivity index (χ3v) is 3.58. The quantitative estimate of drug-likeness (QED) is 0.909. The number of methoxy groups -OCH3 is 2. The summed E-state index contributed by atoms with van der Waals surface area (Å²) in [5.41, 5.74) is 0.270. The summed E-state index contributed by atoms with van der Waals surface area (Å²) in [4.78, 5) is 20.3. The molecule has 1 aromatic heterocycles. The van der Waals surface area contributed by atoms with Gasteiger partial charge in [0.2, 0.25) is 5.88 Å². The van der Waals surface area contributed by atoms with Crippen LogP contribution in [0.4, 0.5) is 0 Å². The first-order valence-electron chi connectivity index (χ1n) is 6.90. The lowest BCUT2D eigenvalue weighted by molar-refractivity contribution is 0.0914. The van der Waals surface area contributed by atoms with E-state index in [0.717, 1.165) is 19.3 Å². The molecule has 1 N–H and O–H groups in total. The highest BCUT2D eigenvalue weighted by molar-refractivity contribution is 5.92. The first kappa shape index (κ1) is 14.6. The maximum absolute atomic E-state index is 12.2. The van der Waals surface area contributed by atoms with E-state index in [1.165, 1.54) is 26.7 Å². The largest absolute Gasteiger partial charge is 0.481 e. The van der Waals surface area contributed by atoms with Crippen molar-refractivity contribution in [2.45, 2.75) is 38.6 Å². The Labute approximate surface area is 118 Å². The van der Waals surface area contributed by atoms with Crippen molar-refractivity contribution in [1.29, 1.82) is 0 Å².